The van der Waals surface area contributed by atoms with E-state index < -0.39 is 48.6 Å². The zero-order valence-corrected chi connectivity index (χ0v) is 76.0. The third-order valence-electron chi connectivity index (χ3n) is 23.9. The third kappa shape index (κ3) is 25.8. The summed E-state index contributed by atoms with van der Waals surface area (Å²) in [4.78, 5) is 83.5. The molecule has 8 aliphatic rings. The van der Waals surface area contributed by atoms with E-state index in [1.807, 2.05) is 110 Å². The molecule has 121 heavy (non-hydrogen) atoms. The van der Waals surface area contributed by atoms with Crippen LogP contribution in [-0.2, 0) is 60.4 Å². The van der Waals surface area contributed by atoms with E-state index in [0.717, 1.165) is 174 Å². The molecule has 663 valence electrons. The Morgan fingerprint density at radius 2 is 0.876 bits per heavy atom. The van der Waals surface area contributed by atoms with E-state index in [1.165, 1.54) is 69.6 Å². The Balaban J connectivity index is 0.000000162. The van der Waals surface area contributed by atoms with Gasteiger partial charge in [0.15, 0.2) is 11.6 Å². The van der Waals surface area contributed by atoms with Gasteiger partial charge in [-0.05, 0) is 271 Å². The predicted octanol–water partition coefficient (Wildman–Crippen LogP) is 21.1. The van der Waals surface area contributed by atoms with Gasteiger partial charge in [-0.25, -0.2) is 31.9 Å². The molecule has 30 heteroatoms. The molecule has 0 aliphatic carbocycles. The fraction of sp³-hybridized carbons (Fsp3) is 0.582. The number of aliphatic hydroxyl groups excluding tert-OH is 1. The molecule has 20 nitrogen and oxygen atoms in total. The Kier molecular flexibility index (Phi) is 34.4. The number of aliphatic hydroxyl groups is 1. The van der Waals surface area contributed by atoms with Crippen LogP contribution in [0.25, 0.3) is 40.3 Å². The molecule has 0 spiro atoms. The summed E-state index contributed by atoms with van der Waals surface area (Å²) >= 11 is 3.83. The van der Waals surface area contributed by atoms with E-state index >= 15 is 0 Å². The third-order valence-corrected chi connectivity index (χ3v) is 28.4. The Labute approximate surface area is 735 Å². The van der Waals surface area contributed by atoms with Crippen LogP contribution in [0, 0.1) is 68.6 Å². The van der Waals surface area contributed by atoms with Crippen molar-refractivity contribution in [1.82, 2.24) is 20.0 Å². The molecule has 0 saturated carbocycles. The van der Waals surface area contributed by atoms with Crippen molar-refractivity contribution in [2.24, 2.45) is 45.3 Å². The van der Waals surface area contributed by atoms with Crippen molar-refractivity contribution in [1.29, 1.82) is 0 Å². The minimum atomic E-state index is -1.44. The van der Waals surface area contributed by atoms with Crippen LogP contribution in [0.1, 0.15) is 195 Å². The van der Waals surface area contributed by atoms with Gasteiger partial charge < -0.3 is 63.1 Å². The first-order chi connectivity index (χ1) is 57.1. The molecule has 0 radical (unpaired) electrons. The van der Waals surface area contributed by atoms with Gasteiger partial charge in [-0.3, -0.25) is 9.59 Å². The van der Waals surface area contributed by atoms with Crippen LogP contribution in [0.15, 0.2) is 102 Å². The number of benzene rings is 4. The average molecular weight is 1820 g/mol. The Morgan fingerprint density at radius 1 is 0.496 bits per heavy atom. The van der Waals surface area contributed by atoms with Gasteiger partial charge in [0.05, 0.1) is 40.1 Å². The zero-order valence-electron chi connectivity index (χ0n) is 70.8. The standard InChI is InChI=1S/C24H32FNO4S.C24H30FNO4S.C19H22FNO2S.C16H27NO4.C8H5FS.ClH.Mn.2O/c2*1-23(2,3)30-22(28)26-10-9-24(15-26,14-16-7-11-29-12-8-16)21(27)19-13-17-5-4-6-18(25)20(17)31-19;20-15-3-1-2-14-10-16(24-17(14)15)18(22)19(6-7-21-12-19)11-13-4-8-23-9-5-13;1-15(2,3)21-14(19)17-7-6-16(11-17,12-18)10-13-4-8-20-9-5-13;9-7-3-1-2-6-4-5-10-8(6)7;;;;/h4-6,13,16,21,27H,7-12,14-15H2,1-3H3;4-6,13,16H,7-12,14-15H2,1-3H3;1-3,10,13,21H,4-9,11-12H2;12-13H,4-11H2,1-3H3;1-5H;1H;;;. The number of halogens is 5. The minimum absolute atomic E-state index is 0. The second-order valence-electron chi connectivity index (χ2n) is 36.4. The molecule has 8 saturated heterocycles. The van der Waals surface area contributed by atoms with Crippen LogP contribution in [-0.4, -0.2) is 178 Å². The van der Waals surface area contributed by atoms with E-state index in [0.29, 0.717) is 119 Å². The number of rotatable bonds is 15. The van der Waals surface area contributed by atoms with Crippen molar-refractivity contribution < 1.29 is 107 Å². The second kappa shape index (κ2) is 43.1. The summed E-state index contributed by atoms with van der Waals surface area (Å²) in [6, 6.07) is 27.6. The first-order valence-electron chi connectivity index (χ1n) is 41.9. The monoisotopic (exact) mass is 1820 g/mol. The molecule has 5 atom stereocenters. The topological polar surface area (TPSA) is 243 Å². The molecule has 0 bridgehead atoms. The summed E-state index contributed by atoms with van der Waals surface area (Å²) in [7, 11) is 0. The van der Waals surface area contributed by atoms with Crippen LogP contribution in [0.4, 0.5) is 31.9 Å². The summed E-state index contributed by atoms with van der Waals surface area (Å²) in [5.41, 5.74) is -3.52. The van der Waals surface area contributed by atoms with Crippen molar-refractivity contribution in [2.45, 2.75) is 188 Å². The number of hydrogen-bond donors (Lipinski definition) is 2. The molecule has 4 aromatic heterocycles. The number of carbonyl (C=O) groups excluding carboxylic acids is 6. The average Bonchev–Trinajstić information content (AvgIpc) is 1.62. The molecule has 8 aromatic rings. The number of amides is 3. The number of ether oxygens (including phenoxy) is 7. The van der Waals surface area contributed by atoms with Crippen molar-refractivity contribution in [3.05, 3.63) is 140 Å². The number of hydrogen-bond acceptors (Lipinski definition) is 21. The molecule has 12 heterocycles. The van der Waals surface area contributed by atoms with E-state index in [-0.39, 0.29) is 76.4 Å². The van der Waals surface area contributed by atoms with Crippen molar-refractivity contribution >= 4 is 134 Å². The summed E-state index contributed by atoms with van der Waals surface area (Å²) in [5.74, 6) is 1.19. The van der Waals surface area contributed by atoms with Gasteiger partial charge in [0.2, 0.25) is 0 Å². The number of carbonyl (C=O) groups is 6. The number of thiophene rings is 4. The normalized spacial score (nSPS) is 22.8. The molecule has 2 N–H and O–H groups in total. The van der Waals surface area contributed by atoms with Gasteiger partial charge in [-0.1, -0.05) is 48.5 Å². The van der Waals surface area contributed by atoms with Crippen LogP contribution >= 0.6 is 57.8 Å². The Morgan fingerprint density at radius 3 is 1.30 bits per heavy atom. The molecular formula is C91H117ClF4MnN4O16S4. The summed E-state index contributed by atoms with van der Waals surface area (Å²) in [6.45, 7) is 27.3. The van der Waals surface area contributed by atoms with Gasteiger partial charge in [0.1, 0.15) is 46.4 Å². The molecule has 8 fully saturated rings. The van der Waals surface area contributed by atoms with E-state index in [9.17, 15) is 51.4 Å². The summed E-state index contributed by atoms with van der Waals surface area (Å²) < 4.78 is 113. The van der Waals surface area contributed by atoms with E-state index in [4.69, 9.17) is 40.8 Å². The predicted molar refractivity (Wildman–Crippen MR) is 463 cm³/mol. The van der Waals surface area contributed by atoms with Crippen molar-refractivity contribution in [3.63, 3.8) is 0 Å². The van der Waals surface area contributed by atoms with Gasteiger partial charge >= 0.3 is 40.8 Å². The van der Waals surface area contributed by atoms with Gasteiger partial charge in [0, 0.05) is 120 Å². The number of likely N-dealkylation sites (tertiary alicyclic amines) is 3. The van der Waals surface area contributed by atoms with Gasteiger partial charge in [0.25, 0.3) is 0 Å². The van der Waals surface area contributed by atoms with Crippen LogP contribution in [0.3, 0.4) is 0 Å². The summed E-state index contributed by atoms with van der Waals surface area (Å²) in [6.07, 6.45) is 13.4. The number of ketones is 2. The maximum atomic E-state index is 14.3. The number of nitrogens with zero attached hydrogens (tertiary/aromatic N) is 3. The fourth-order valence-electron chi connectivity index (χ4n) is 17.9. The number of aldehydes is 1. The van der Waals surface area contributed by atoms with Crippen molar-refractivity contribution in [3.8, 4) is 0 Å². The van der Waals surface area contributed by atoms with Crippen LogP contribution in [0.2, 0.25) is 0 Å². The molecule has 3 amide bonds. The van der Waals surface area contributed by atoms with Gasteiger partial charge in [-0.2, -0.15) is 0 Å². The Bertz CT molecular complexity index is 4840. The SMILES string of the molecule is CC(C)(C)OC(=O)N1CCC(C=O)(CC2CCOCC2)C1.CC(C)(C)OC(=O)N1CCC(CC2CCOCC2)(C(=O)c2cc3cccc(F)c3s2)C1.CC(C)(C)OC(=O)N1CCC(CC2CCOCC2)(C(O)c2cc3cccc(F)c3s2)C1.Cl.Fc1cccc2ccsc12.O=C(c1cc2cccc(F)c2s1)C1(CC2CCOCC2)CCNC1.[O]=[Mn]=[O]. The quantitative estimate of drug-likeness (QED) is 0.0319. The molecule has 4 aromatic carbocycles. The van der Waals surface area contributed by atoms with Crippen LogP contribution < -0.4 is 5.32 Å². The first-order valence-corrected chi connectivity index (χ1v) is 46.2. The van der Waals surface area contributed by atoms with E-state index in [1.54, 1.807) is 45.0 Å². The maximum absolute atomic E-state index is 14.3. The van der Waals surface area contributed by atoms with Gasteiger partial charge in [-0.15, -0.1) is 57.8 Å². The number of Topliss-reactive ketones (excluding diaryl/α,β-unsaturated/α-hetero) is 2. The van der Waals surface area contributed by atoms with Crippen molar-refractivity contribution in [2.75, 3.05) is 105 Å². The molecule has 8 aliphatic heterocycles. The van der Waals surface area contributed by atoms with Crippen LogP contribution in [0.5, 0.6) is 0 Å². The second-order valence-corrected chi connectivity index (χ2v) is 40.7. The zero-order chi connectivity index (χ0) is 86.2. The number of nitrogens with one attached hydrogen (secondary N) is 1. The van der Waals surface area contributed by atoms with E-state index in [2.05, 4.69) is 5.32 Å². The first kappa shape index (κ1) is 96.6. The molecule has 5 unspecified atom stereocenters. The number of fused-ring (bicyclic) bond motifs is 4. The molecule has 16 rings (SSSR count). The fourth-order valence-corrected chi connectivity index (χ4v) is 22.1. The Hall–Kier alpha value is -6.57. The summed E-state index contributed by atoms with van der Waals surface area (Å²) in [5, 5.41) is 20.3. The molecular weight excluding hydrogens is 1700 g/mol.